The Balaban J connectivity index is 2.75. The van der Waals surface area contributed by atoms with Crippen molar-refractivity contribution in [1.82, 2.24) is 9.97 Å². The van der Waals surface area contributed by atoms with E-state index in [4.69, 9.17) is 14.6 Å². The number of nitrogens with zero attached hydrogens (tertiary/aromatic N) is 2. The molecule has 0 aliphatic heterocycles. The zero-order valence-corrected chi connectivity index (χ0v) is 11.9. The third kappa shape index (κ3) is 2.98. The summed E-state index contributed by atoms with van der Waals surface area (Å²) < 4.78 is 49.1. The monoisotopic (exact) mass is 317 g/mol. The molecule has 9 heteroatoms. The molecule has 0 unspecified atom stereocenters. The maximum Gasteiger partial charge on any atom is 0.451 e. The average Bonchev–Trinajstić information content (AvgIpc) is 2.49. The van der Waals surface area contributed by atoms with Crippen LogP contribution in [0.3, 0.4) is 0 Å². The predicted octanol–water partition coefficient (Wildman–Crippen LogP) is 2.07. The molecule has 0 atom stereocenters. The first kappa shape index (κ1) is 16.1. The highest BCUT2D eigenvalue weighted by atomic mass is 19.4. The Morgan fingerprint density at radius 1 is 1.18 bits per heavy atom. The second kappa shape index (κ2) is 6.22. The summed E-state index contributed by atoms with van der Waals surface area (Å²) >= 11 is 0. The van der Waals surface area contributed by atoms with Crippen LogP contribution < -0.4 is 14.8 Å². The predicted molar refractivity (Wildman–Crippen MR) is 73.2 cm³/mol. The highest BCUT2D eigenvalue weighted by Gasteiger charge is 2.36. The van der Waals surface area contributed by atoms with Gasteiger partial charge in [-0.2, -0.15) is 13.2 Å². The fourth-order valence-electron chi connectivity index (χ4n) is 1.95. The normalized spacial score (nSPS) is 11.5. The number of hydrogen-bond acceptors (Lipinski definition) is 6. The standard InChI is InChI=1S/C13H14F3N3O3/c1-21-8-4-3-7-9(10(8)22-2)18-12(13(14,15)16)19-11(7)17-5-6-20/h3-4,20H,5-6H2,1-2H3,(H,17,18,19). The van der Waals surface area contributed by atoms with Gasteiger partial charge in [-0.3, -0.25) is 0 Å². The number of alkyl halides is 3. The molecule has 2 rings (SSSR count). The summed E-state index contributed by atoms with van der Waals surface area (Å²) in [5.41, 5.74) is -0.0235. The van der Waals surface area contributed by atoms with Gasteiger partial charge in [0.15, 0.2) is 11.5 Å². The van der Waals surface area contributed by atoms with Gasteiger partial charge in [0, 0.05) is 11.9 Å². The smallest absolute Gasteiger partial charge is 0.451 e. The van der Waals surface area contributed by atoms with E-state index in [9.17, 15) is 13.2 Å². The number of halogens is 3. The highest BCUT2D eigenvalue weighted by Crippen LogP contribution is 2.38. The van der Waals surface area contributed by atoms with E-state index in [-0.39, 0.29) is 36.0 Å². The fourth-order valence-corrected chi connectivity index (χ4v) is 1.95. The number of hydrogen-bond donors (Lipinski definition) is 2. The van der Waals surface area contributed by atoms with Crippen molar-refractivity contribution >= 4 is 16.7 Å². The van der Waals surface area contributed by atoms with Gasteiger partial charge in [-0.05, 0) is 12.1 Å². The van der Waals surface area contributed by atoms with E-state index in [1.54, 1.807) is 6.07 Å². The molecule has 6 nitrogen and oxygen atoms in total. The Morgan fingerprint density at radius 2 is 1.91 bits per heavy atom. The zero-order valence-electron chi connectivity index (χ0n) is 11.9. The lowest BCUT2D eigenvalue weighted by Gasteiger charge is -2.15. The minimum atomic E-state index is -4.71. The summed E-state index contributed by atoms with van der Waals surface area (Å²) in [5, 5.41) is 11.8. The minimum Gasteiger partial charge on any atom is -0.493 e. The number of rotatable bonds is 5. The first-order chi connectivity index (χ1) is 10.4. The van der Waals surface area contributed by atoms with E-state index in [1.165, 1.54) is 20.3 Å². The largest absolute Gasteiger partial charge is 0.493 e. The molecule has 1 aromatic heterocycles. The van der Waals surface area contributed by atoms with Gasteiger partial charge in [0.2, 0.25) is 5.82 Å². The quantitative estimate of drug-likeness (QED) is 0.879. The number of ether oxygens (including phenoxy) is 2. The Morgan fingerprint density at radius 3 is 2.45 bits per heavy atom. The van der Waals surface area contributed by atoms with Crippen LogP contribution >= 0.6 is 0 Å². The van der Waals surface area contributed by atoms with Gasteiger partial charge in [-0.1, -0.05) is 0 Å². The van der Waals surface area contributed by atoms with Crippen LogP contribution in [0, 0.1) is 0 Å². The van der Waals surface area contributed by atoms with Crippen LogP contribution in [0.4, 0.5) is 19.0 Å². The number of benzene rings is 1. The average molecular weight is 317 g/mol. The molecule has 22 heavy (non-hydrogen) atoms. The molecule has 2 aromatic rings. The Kier molecular flexibility index (Phi) is 4.55. The van der Waals surface area contributed by atoms with Crippen LogP contribution in [0.1, 0.15) is 5.82 Å². The molecular weight excluding hydrogens is 303 g/mol. The van der Waals surface area contributed by atoms with Crippen LogP contribution in [0.25, 0.3) is 10.9 Å². The highest BCUT2D eigenvalue weighted by molar-refractivity contribution is 5.95. The summed E-state index contributed by atoms with van der Waals surface area (Å²) in [4.78, 5) is 7.04. The molecule has 1 aromatic carbocycles. The van der Waals surface area contributed by atoms with Crippen molar-refractivity contribution in [2.24, 2.45) is 0 Å². The zero-order chi connectivity index (χ0) is 16.3. The van der Waals surface area contributed by atoms with Crippen LogP contribution in [0.15, 0.2) is 12.1 Å². The van der Waals surface area contributed by atoms with Crippen molar-refractivity contribution in [3.05, 3.63) is 18.0 Å². The maximum absolute atomic E-state index is 13.0. The molecule has 120 valence electrons. The Bertz CT molecular complexity index is 677. The van der Waals surface area contributed by atoms with Gasteiger partial charge in [-0.25, -0.2) is 9.97 Å². The van der Waals surface area contributed by atoms with Crippen LogP contribution in [0.2, 0.25) is 0 Å². The third-order valence-corrected chi connectivity index (χ3v) is 2.87. The van der Waals surface area contributed by atoms with Gasteiger partial charge < -0.3 is 19.9 Å². The molecule has 2 N–H and O–H groups in total. The van der Waals surface area contributed by atoms with E-state index in [2.05, 4.69) is 15.3 Å². The Labute approximate surface area is 123 Å². The number of aromatic nitrogens is 2. The third-order valence-electron chi connectivity index (χ3n) is 2.87. The molecule has 0 spiro atoms. The van der Waals surface area contributed by atoms with Crippen molar-refractivity contribution in [3.8, 4) is 11.5 Å². The van der Waals surface area contributed by atoms with E-state index >= 15 is 0 Å². The topological polar surface area (TPSA) is 76.5 Å². The van der Waals surface area contributed by atoms with Gasteiger partial charge in [-0.15, -0.1) is 0 Å². The van der Waals surface area contributed by atoms with E-state index in [1.807, 2.05) is 0 Å². The second-order valence-corrected chi connectivity index (χ2v) is 4.24. The lowest BCUT2D eigenvalue weighted by molar-refractivity contribution is -0.144. The van der Waals surface area contributed by atoms with Crippen molar-refractivity contribution in [1.29, 1.82) is 0 Å². The van der Waals surface area contributed by atoms with Crippen LogP contribution in [0.5, 0.6) is 11.5 Å². The molecule has 1 heterocycles. The van der Waals surface area contributed by atoms with Gasteiger partial charge in [0.25, 0.3) is 0 Å². The van der Waals surface area contributed by atoms with Crippen molar-refractivity contribution in [3.63, 3.8) is 0 Å². The summed E-state index contributed by atoms with van der Waals surface area (Å²) in [6.45, 7) is -0.197. The van der Waals surface area contributed by atoms with Gasteiger partial charge >= 0.3 is 6.18 Å². The summed E-state index contributed by atoms with van der Waals surface area (Å²) in [6.07, 6.45) is -4.71. The molecule has 0 aliphatic carbocycles. The summed E-state index contributed by atoms with van der Waals surface area (Å²) in [6, 6.07) is 3.07. The molecular formula is C13H14F3N3O3. The number of aliphatic hydroxyl groups excluding tert-OH is 1. The molecule has 0 radical (unpaired) electrons. The number of methoxy groups -OCH3 is 2. The lowest BCUT2D eigenvalue weighted by Crippen LogP contribution is -2.15. The molecule has 0 saturated heterocycles. The van der Waals surface area contributed by atoms with Crippen LogP contribution in [-0.2, 0) is 6.18 Å². The number of aliphatic hydroxyl groups is 1. The van der Waals surface area contributed by atoms with E-state index < -0.39 is 12.0 Å². The summed E-state index contributed by atoms with van der Waals surface area (Å²) in [5.74, 6) is -0.991. The van der Waals surface area contributed by atoms with Gasteiger partial charge in [0.05, 0.1) is 20.8 Å². The first-order valence-electron chi connectivity index (χ1n) is 6.27. The van der Waals surface area contributed by atoms with E-state index in [0.717, 1.165) is 0 Å². The van der Waals surface area contributed by atoms with Crippen LogP contribution in [-0.4, -0.2) is 42.4 Å². The fraction of sp³-hybridized carbons (Fsp3) is 0.385. The van der Waals surface area contributed by atoms with Crippen molar-refractivity contribution in [2.45, 2.75) is 6.18 Å². The minimum absolute atomic E-state index is 0.0235. The Hall–Kier alpha value is -2.29. The van der Waals surface area contributed by atoms with E-state index in [0.29, 0.717) is 5.39 Å². The van der Waals surface area contributed by atoms with Crippen molar-refractivity contribution < 1.29 is 27.8 Å². The molecule has 0 amide bonds. The molecule has 0 saturated carbocycles. The lowest BCUT2D eigenvalue weighted by atomic mass is 10.2. The number of nitrogens with one attached hydrogen (secondary N) is 1. The van der Waals surface area contributed by atoms with Gasteiger partial charge in [0.1, 0.15) is 11.3 Å². The van der Waals surface area contributed by atoms with Crippen molar-refractivity contribution in [2.75, 3.05) is 32.7 Å². The first-order valence-corrected chi connectivity index (χ1v) is 6.27. The SMILES string of the molecule is COc1ccc2c(NCCO)nc(C(F)(F)F)nc2c1OC. The molecule has 0 bridgehead atoms. The number of anilines is 1. The molecule has 0 aliphatic rings. The summed E-state index contributed by atoms with van der Waals surface area (Å²) in [7, 11) is 2.69. The number of fused-ring (bicyclic) bond motifs is 1. The maximum atomic E-state index is 13.0. The second-order valence-electron chi connectivity index (χ2n) is 4.24. The molecule has 0 fully saturated rings.